The molecule has 0 aliphatic heterocycles. The summed E-state index contributed by atoms with van der Waals surface area (Å²) in [6.07, 6.45) is 0.582. The Labute approximate surface area is 116 Å². The van der Waals surface area contributed by atoms with Crippen LogP contribution in [0.2, 0.25) is 5.02 Å². The predicted molar refractivity (Wildman–Crippen MR) is 75.6 cm³/mol. The zero-order chi connectivity index (χ0) is 13.7. The van der Waals surface area contributed by atoms with Gasteiger partial charge < -0.3 is 10.4 Å². The van der Waals surface area contributed by atoms with Crippen molar-refractivity contribution >= 4 is 17.5 Å². The molecular formula is C15H14ClNO2. The first-order chi connectivity index (χ1) is 9.16. The van der Waals surface area contributed by atoms with Gasteiger partial charge in [-0.1, -0.05) is 35.9 Å². The number of amides is 1. The summed E-state index contributed by atoms with van der Waals surface area (Å²) in [5.74, 6) is 0.0809. The van der Waals surface area contributed by atoms with Gasteiger partial charge in [-0.05, 0) is 36.2 Å². The zero-order valence-corrected chi connectivity index (χ0v) is 11.0. The Bertz CT molecular complexity index is 584. The van der Waals surface area contributed by atoms with E-state index in [0.29, 0.717) is 23.6 Å². The van der Waals surface area contributed by atoms with Crippen molar-refractivity contribution in [1.29, 1.82) is 0 Å². The molecule has 19 heavy (non-hydrogen) atoms. The van der Waals surface area contributed by atoms with Gasteiger partial charge in [-0.3, -0.25) is 4.79 Å². The number of benzene rings is 2. The molecule has 2 aromatic rings. The van der Waals surface area contributed by atoms with E-state index >= 15 is 0 Å². The number of carbonyl (C=O) groups is 1. The third-order valence-corrected chi connectivity index (χ3v) is 2.99. The number of phenols is 1. The van der Waals surface area contributed by atoms with E-state index in [1.807, 2.05) is 12.1 Å². The monoisotopic (exact) mass is 275 g/mol. The molecule has 0 aliphatic carbocycles. The minimum Gasteiger partial charge on any atom is -0.508 e. The van der Waals surface area contributed by atoms with Gasteiger partial charge in [0.2, 0.25) is 0 Å². The Balaban J connectivity index is 1.90. The molecule has 4 heteroatoms. The molecule has 0 saturated carbocycles. The summed E-state index contributed by atoms with van der Waals surface area (Å²) in [5, 5.41) is 12.9. The van der Waals surface area contributed by atoms with E-state index in [1.165, 1.54) is 0 Å². The van der Waals surface area contributed by atoms with Gasteiger partial charge >= 0.3 is 0 Å². The SMILES string of the molecule is O=C(NCCc1ccccc1O)c1cccc(Cl)c1. The highest BCUT2D eigenvalue weighted by atomic mass is 35.5. The summed E-state index contributed by atoms with van der Waals surface area (Å²) >= 11 is 5.83. The average Bonchev–Trinajstić information content (AvgIpc) is 2.41. The third-order valence-electron chi connectivity index (χ3n) is 2.76. The Morgan fingerprint density at radius 2 is 1.95 bits per heavy atom. The number of halogens is 1. The second-order valence-corrected chi connectivity index (χ2v) is 4.58. The number of aromatic hydroxyl groups is 1. The Hall–Kier alpha value is -2.00. The largest absolute Gasteiger partial charge is 0.508 e. The highest BCUT2D eigenvalue weighted by Crippen LogP contribution is 2.15. The standard InChI is InChI=1S/C15H14ClNO2/c16-13-6-3-5-12(10-13)15(19)17-9-8-11-4-1-2-7-14(11)18/h1-7,10,18H,8-9H2,(H,17,19). The van der Waals surface area contributed by atoms with Crippen LogP contribution in [0.1, 0.15) is 15.9 Å². The van der Waals surface area contributed by atoms with Gasteiger partial charge in [0.05, 0.1) is 0 Å². The number of carbonyl (C=O) groups excluding carboxylic acids is 1. The molecule has 0 saturated heterocycles. The Kier molecular flexibility index (Phi) is 4.42. The summed E-state index contributed by atoms with van der Waals surface area (Å²) < 4.78 is 0. The fourth-order valence-corrected chi connectivity index (χ4v) is 1.96. The summed E-state index contributed by atoms with van der Waals surface area (Å²) in [6.45, 7) is 0.461. The molecule has 0 heterocycles. The van der Waals surface area contributed by atoms with Crippen molar-refractivity contribution in [3.05, 3.63) is 64.7 Å². The van der Waals surface area contributed by atoms with Crippen LogP contribution in [0, 0.1) is 0 Å². The summed E-state index contributed by atoms with van der Waals surface area (Å²) in [7, 11) is 0. The van der Waals surface area contributed by atoms with Crippen molar-refractivity contribution < 1.29 is 9.90 Å². The highest BCUT2D eigenvalue weighted by Gasteiger charge is 2.06. The minimum absolute atomic E-state index is 0.169. The third kappa shape index (κ3) is 3.73. The first kappa shape index (κ1) is 13.4. The summed E-state index contributed by atoms with van der Waals surface area (Å²) in [6, 6.07) is 13.9. The molecule has 2 N–H and O–H groups in total. The van der Waals surface area contributed by atoms with Gasteiger partial charge in [0.15, 0.2) is 0 Å². The van der Waals surface area contributed by atoms with Crippen LogP contribution in [-0.4, -0.2) is 17.6 Å². The van der Waals surface area contributed by atoms with Gasteiger partial charge in [0.1, 0.15) is 5.75 Å². The molecule has 0 aromatic heterocycles. The van der Waals surface area contributed by atoms with E-state index in [4.69, 9.17) is 11.6 Å². The number of rotatable bonds is 4. The van der Waals surface area contributed by atoms with Crippen LogP contribution < -0.4 is 5.32 Å². The van der Waals surface area contributed by atoms with Crippen LogP contribution in [0.5, 0.6) is 5.75 Å². The molecule has 0 radical (unpaired) electrons. The number of nitrogens with one attached hydrogen (secondary N) is 1. The van der Waals surface area contributed by atoms with Crippen LogP contribution in [0.3, 0.4) is 0 Å². The van der Waals surface area contributed by atoms with Gasteiger partial charge in [-0.15, -0.1) is 0 Å². The second-order valence-electron chi connectivity index (χ2n) is 4.14. The first-order valence-electron chi connectivity index (χ1n) is 5.97. The lowest BCUT2D eigenvalue weighted by atomic mass is 10.1. The van der Waals surface area contributed by atoms with Crippen molar-refractivity contribution in [1.82, 2.24) is 5.32 Å². The predicted octanol–water partition coefficient (Wildman–Crippen LogP) is 3.02. The lowest BCUT2D eigenvalue weighted by molar-refractivity contribution is 0.0954. The van der Waals surface area contributed by atoms with Crippen molar-refractivity contribution in [3.63, 3.8) is 0 Å². The molecular weight excluding hydrogens is 262 g/mol. The highest BCUT2D eigenvalue weighted by molar-refractivity contribution is 6.30. The van der Waals surface area contributed by atoms with Gasteiger partial charge in [0.25, 0.3) is 5.91 Å². The van der Waals surface area contributed by atoms with Crippen LogP contribution in [0.15, 0.2) is 48.5 Å². The quantitative estimate of drug-likeness (QED) is 0.901. The number of para-hydroxylation sites is 1. The normalized spacial score (nSPS) is 10.2. The lowest BCUT2D eigenvalue weighted by Gasteiger charge is -2.07. The first-order valence-corrected chi connectivity index (χ1v) is 6.35. The van der Waals surface area contributed by atoms with E-state index in [-0.39, 0.29) is 11.7 Å². The van der Waals surface area contributed by atoms with Gasteiger partial charge in [-0.25, -0.2) is 0 Å². The molecule has 0 spiro atoms. The number of hydrogen-bond acceptors (Lipinski definition) is 2. The van der Waals surface area contributed by atoms with E-state index in [1.54, 1.807) is 36.4 Å². The number of phenolic OH excluding ortho intramolecular Hbond substituents is 1. The van der Waals surface area contributed by atoms with Gasteiger partial charge in [-0.2, -0.15) is 0 Å². The lowest BCUT2D eigenvalue weighted by Crippen LogP contribution is -2.25. The topological polar surface area (TPSA) is 49.3 Å². The Morgan fingerprint density at radius 3 is 2.68 bits per heavy atom. The summed E-state index contributed by atoms with van der Waals surface area (Å²) in [5.41, 5.74) is 1.35. The maximum absolute atomic E-state index is 11.8. The molecule has 0 aliphatic rings. The zero-order valence-electron chi connectivity index (χ0n) is 10.3. The van der Waals surface area contributed by atoms with Crippen molar-refractivity contribution in [3.8, 4) is 5.75 Å². The fourth-order valence-electron chi connectivity index (χ4n) is 1.76. The Morgan fingerprint density at radius 1 is 1.16 bits per heavy atom. The maximum Gasteiger partial charge on any atom is 0.251 e. The number of hydrogen-bond donors (Lipinski definition) is 2. The molecule has 0 atom stereocenters. The van der Waals surface area contributed by atoms with Crippen LogP contribution >= 0.6 is 11.6 Å². The minimum atomic E-state index is -0.169. The van der Waals surface area contributed by atoms with Crippen LogP contribution in [0.4, 0.5) is 0 Å². The van der Waals surface area contributed by atoms with Gasteiger partial charge in [0, 0.05) is 17.1 Å². The smallest absolute Gasteiger partial charge is 0.251 e. The van der Waals surface area contributed by atoms with E-state index < -0.39 is 0 Å². The summed E-state index contributed by atoms with van der Waals surface area (Å²) in [4.78, 5) is 11.8. The van der Waals surface area contributed by atoms with E-state index in [2.05, 4.69) is 5.32 Å². The molecule has 1 amide bonds. The van der Waals surface area contributed by atoms with Crippen LogP contribution in [-0.2, 0) is 6.42 Å². The molecule has 98 valence electrons. The van der Waals surface area contributed by atoms with Crippen molar-refractivity contribution in [2.24, 2.45) is 0 Å². The molecule has 0 bridgehead atoms. The van der Waals surface area contributed by atoms with E-state index in [9.17, 15) is 9.90 Å². The molecule has 0 fully saturated rings. The average molecular weight is 276 g/mol. The molecule has 2 rings (SSSR count). The van der Waals surface area contributed by atoms with Crippen molar-refractivity contribution in [2.45, 2.75) is 6.42 Å². The van der Waals surface area contributed by atoms with Crippen molar-refractivity contribution in [2.75, 3.05) is 6.54 Å². The molecule has 0 unspecified atom stereocenters. The van der Waals surface area contributed by atoms with E-state index in [0.717, 1.165) is 5.56 Å². The fraction of sp³-hybridized carbons (Fsp3) is 0.133. The maximum atomic E-state index is 11.8. The molecule has 3 nitrogen and oxygen atoms in total. The van der Waals surface area contributed by atoms with Crippen LogP contribution in [0.25, 0.3) is 0 Å². The second kappa shape index (κ2) is 6.25. The molecule has 2 aromatic carbocycles.